The first kappa shape index (κ1) is 24.6. The standard InChI is InChI=1S/C29H35FN2O4/c1-2-35-27(33)22-6-8-25(9-7-22)36-26(23-4-3-5-24(30)15-23)10-11-31-28(34)32-29-16-19-12-20(17-29)14-21(13-19)18-29/h3-9,15,19-21,26H,2,10-14,16-18H2,1H3,(H2,31,32,34). The largest absolute Gasteiger partial charge is 0.486 e. The van der Waals surface area contributed by atoms with Crippen molar-refractivity contribution in [3.05, 3.63) is 65.5 Å². The molecule has 2 N–H and O–H groups in total. The van der Waals surface area contributed by atoms with Gasteiger partial charge in [0.1, 0.15) is 17.7 Å². The lowest BCUT2D eigenvalue weighted by Gasteiger charge is -2.56. The van der Waals surface area contributed by atoms with E-state index in [1.807, 2.05) is 6.07 Å². The van der Waals surface area contributed by atoms with Crippen LogP contribution in [-0.4, -0.2) is 30.7 Å². The molecular formula is C29H35FN2O4. The van der Waals surface area contributed by atoms with Gasteiger partial charge in [-0.2, -0.15) is 0 Å². The number of carbonyl (C=O) groups is 2. The molecule has 7 heteroatoms. The van der Waals surface area contributed by atoms with E-state index in [9.17, 15) is 14.0 Å². The Kier molecular flexibility index (Phi) is 7.17. The molecule has 2 amide bonds. The van der Waals surface area contributed by atoms with Crippen molar-refractivity contribution in [2.24, 2.45) is 17.8 Å². The van der Waals surface area contributed by atoms with Gasteiger partial charge in [0.2, 0.25) is 0 Å². The van der Waals surface area contributed by atoms with Gasteiger partial charge in [-0.3, -0.25) is 0 Å². The van der Waals surface area contributed by atoms with Crippen molar-refractivity contribution in [3.63, 3.8) is 0 Å². The van der Waals surface area contributed by atoms with Crippen molar-refractivity contribution >= 4 is 12.0 Å². The molecule has 6 rings (SSSR count). The van der Waals surface area contributed by atoms with Gasteiger partial charge in [-0.15, -0.1) is 0 Å². The van der Waals surface area contributed by atoms with E-state index in [1.165, 1.54) is 31.4 Å². The molecule has 0 spiro atoms. The van der Waals surface area contributed by atoms with Crippen LogP contribution in [0.1, 0.15) is 73.9 Å². The lowest BCUT2D eigenvalue weighted by atomic mass is 9.53. The maximum absolute atomic E-state index is 14.0. The first-order valence-electron chi connectivity index (χ1n) is 13.2. The van der Waals surface area contributed by atoms with Crippen molar-refractivity contribution in [1.29, 1.82) is 0 Å². The summed E-state index contributed by atoms with van der Waals surface area (Å²) in [7, 11) is 0. The Bertz CT molecular complexity index is 1050. The van der Waals surface area contributed by atoms with E-state index in [2.05, 4.69) is 10.6 Å². The number of esters is 1. The number of rotatable bonds is 9. The Balaban J connectivity index is 1.19. The quantitative estimate of drug-likeness (QED) is 0.433. The molecule has 2 aromatic rings. The van der Waals surface area contributed by atoms with E-state index in [4.69, 9.17) is 9.47 Å². The topological polar surface area (TPSA) is 76.7 Å². The first-order chi connectivity index (χ1) is 17.4. The summed E-state index contributed by atoms with van der Waals surface area (Å²) in [5.74, 6) is 2.11. The Labute approximate surface area is 211 Å². The highest BCUT2D eigenvalue weighted by Crippen LogP contribution is 2.55. The zero-order chi connectivity index (χ0) is 25.1. The highest BCUT2D eigenvalue weighted by molar-refractivity contribution is 5.89. The van der Waals surface area contributed by atoms with Crippen LogP contribution >= 0.6 is 0 Å². The SMILES string of the molecule is CCOC(=O)c1ccc(OC(CCNC(=O)NC23CC4CC(CC(C4)C2)C3)c2cccc(F)c2)cc1. The average molecular weight is 495 g/mol. The molecule has 192 valence electrons. The Hall–Kier alpha value is -3.09. The molecule has 4 bridgehead atoms. The minimum absolute atomic E-state index is 0.0437. The molecule has 4 aliphatic carbocycles. The number of halogens is 1. The van der Waals surface area contributed by atoms with Crippen molar-refractivity contribution < 1.29 is 23.5 Å². The molecule has 4 aliphatic rings. The number of carbonyl (C=O) groups excluding carboxylic acids is 2. The van der Waals surface area contributed by atoms with Gasteiger partial charge in [0.15, 0.2) is 0 Å². The van der Waals surface area contributed by atoms with E-state index >= 15 is 0 Å². The number of amides is 2. The number of hydrogen-bond acceptors (Lipinski definition) is 4. The molecule has 0 heterocycles. The number of hydrogen-bond donors (Lipinski definition) is 2. The smallest absolute Gasteiger partial charge is 0.338 e. The molecule has 0 radical (unpaired) electrons. The summed E-state index contributed by atoms with van der Waals surface area (Å²) in [6.07, 6.45) is 7.30. The molecule has 0 aromatic heterocycles. The fraction of sp³-hybridized carbons (Fsp3) is 0.517. The number of ether oxygens (including phenoxy) is 2. The minimum atomic E-state index is -0.464. The van der Waals surface area contributed by atoms with Gasteiger partial charge in [0.05, 0.1) is 12.2 Å². The van der Waals surface area contributed by atoms with Crippen LogP contribution in [0.3, 0.4) is 0 Å². The predicted octanol–water partition coefficient (Wildman–Crippen LogP) is 5.78. The maximum Gasteiger partial charge on any atom is 0.338 e. The first-order valence-corrected chi connectivity index (χ1v) is 13.2. The van der Waals surface area contributed by atoms with Crippen LogP contribution in [0.2, 0.25) is 0 Å². The highest BCUT2D eigenvalue weighted by atomic mass is 19.1. The lowest BCUT2D eigenvalue weighted by molar-refractivity contribution is -0.0135. The monoisotopic (exact) mass is 494 g/mol. The van der Waals surface area contributed by atoms with E-state index in [1.54, 1.807) is 37.3 Å². The maximum atomic E-state index is 14.0. The summed E-state index contributed by atoms with van der Waals surface area (Å²) >= 11 is 0. The molecule has 36 heavy (non-hydrogen) atoms. The Morgan fingerprint density at radius 1 is 1.03 bits per heavy atom. The van der Waals surface area contributed by atoms with E-state index in [0.29, 0.717) is 36.4 Å². The molecule has 1 atom stereocenters. The number of urea groups is 1. The predicted molar refractivity (Wildman–Crippen MR) is 134 cm³/mol. The number of benzene rings is 2. The zero-order valence-corrected chi connectivity index (χ0v) is 20.8. The van der Waals surface area contributed by atoms with Crippen LogP contribution in [0, 0.1) is 23.6 Å². The third-order valence-electron chi connectivity index (χ3n) is 7.97. The summed E-state index contributed by atoms with van der Waals surface area (Å²) in [6, 6.07) is 12.9. The Morgan fingerprint density at radius 3 is 2.31 bits per heavy atom. The van der Waals surface area contributed by atoms with Crippen LogP contribution in [0.15, 0.2) is 48.5 Å². The van der Waals surface area contributed by atoms with Gasteiger partial charge in [-0.05, 0) is 105 Å². The third kappa shape index (κ3) is 5.66. The number of nitrogens with one attached hydrogen (secondary N) is 2. The molecule has 6 nitrogen and oxygen atoms in total. The second-order valence-corrected chi connectivity index (χ2v) is 10.8. The normalized spacial score (nSPS) is 26.8. The summed E-state index contributed by atoms with van der Waals surface area (Å²) in [5, 5.41) is 6.34. The van der Waals surface area contributed by atoms with Gasteiger partial charge >= 0.3 is 12.0 Å². The van der Waals surface area contributed by atoms with Crippen LogP contribution < -0.4 is 15.4 Å². The van der Waals surface area contributed by atoms with Gasteiger partial charge in [-0.1, -0.05) is 12.1 Å². The van der Waals surface area contributed by atoms with Crippen LogP contribution in [-0.2, 0) is 4.74 Å². The van der Waals surface area contributed by atoms with Crippen LogP contribution in [0.4, 0.5) is 9.18 Å². The Morgan fingerprint density at radius 2 is 1.69 bits per heavy atom. The molecule has 4 saturated carbocycles. The molecule has 2 aromatic carbocycles. The minimum Gasteiger partial charge on any atom is -0.486 e. The van der Waals surface area contributed by atoms with E-state index in [-0.39, 0.29) is 23.4 Å². The molecule has 1 unspecified atom stereocenters. The zero-order valence-electron chi connectivity index (χ0n) is 20.8. The molecular weight excluding hydrogens is 459 g/mol. The second kappa shape index (κ2) is 10.5. The molecule has 4 fully saturated rings. The van der Waals surface area contributed by atoms with Gasteiger partial charge in [0, 0.05) is 18.5 Å². The van der Waals surface area contributed by atoms with Crippen LogP contribution in [0.5, 0.6) is 5.75 Å². The molecule has 0 saturated heterocycles. The summed E-state index contributed by atoms with van der Waals surface area (Å²) in [6.45, 7) is 2.46. The van der Waals surface area contributed by atoms with Gasteiger partial charge in [-0.25, -0.2) is 14.0 Å². The van der Waals surface area contributed by atoms with Crippen molar-refractivity contribution in [2.75, 3.05) is 13.2 Å². The third-order valence-corrected chi connectivity index (χ3v) is 7.97. The van der Waals surface area contributed by atoms with Crippen molar-refractivity contribution in [3.8, 4) is 5.75 Å². The van der Waals surface area contributed by atoms with Gasteiger partial charge in [0.25, 0.3) is 0 Å². The highest BCUT2D eigenvalue weighted by Gasteiger charge is 2.51. The fourth-order valence-electron chi connectivity index (χ4n) is 6.91. The summed E-state index contributed by atoms with van der Waals surface area (Å²) < 4.78 is 25.2. The summed E-state index contributed by atoms with van der Waals surface area (Å²) in [5.41, 5.74) is 1.08. The summed E-state index contributed by atoms with van der Waals surface area (Å²) in [4.78, 5) is 24.8. The average Bonchev–Trinajstić information content (AvgIpc) is 2.83. The van der Waals surface area contributed by atoms with Gasteiger partial charge < -0.3 is 20.1 Å². The second-order valence-electron chi connectivity index (χ2n) is 10.8. The van der Waals surface area contributed by atoms with E-state index in [0.717, 1.165) is 37.0 Å². The van der Waals surface area contributed by atoms with Crippen molar-refractivity contribution in [2.45, 2.75) is 63.5 Å². The molecule has 0 aliphatic heterocycles. The lowest BCUT2D eigenvalue weighted by Crippen LogP contribution is -2.61. The van der Waals surface area contributed by atoms with E-state index < -0.39 is 6.10 Å². The fourth-order valence-corrected chi connectivity index (χ4v) is 6.91. The van der Waals surface area contributed by atoms with Crippen molar-refractivity contribution in [1.82, 2.24) is 10.6 Å². The van der Waals surface area contributed by atoms with Crippen LogP contribution in [0.25, 0.3) is 0 Å².